The number of nitrogens with one attached hydrogen (secondary N) is 1. The second-order valence-corrected chi connectivity index (χ2v) is 7.52. The summed E-state index contributed by atoms with van der Waals surface area (Å²) in [5.41, 5.74) is 3.32. The van der Waals surface area contributed by atoms with Gasteiger partial charge in [-0.15, -0.1) is 0 Å². The summed E-state index contributed by atoms with van der Waals surface area (Å²) in [6, 6.07) is 9.84. The third-order valence-corrected chi connectivity index (χ3v) is 5.19. The second kappa shape index (κ2) is 6.50. The first-order chi connectivity index (χ1) is 10.2. The number of aryl methyl sites for hydroxylation is 1. The standard InChI is InChI=1S/C19H30N2/c1-16-5-7-17(8-6-16)13-21(2)15-19(11-3-4-12-19)14-20-18-9-10-18/h5-8,18,20H,3-4,9-15H2,1-2H3. The smallest absolute Gasteiger partial charge is 0.0230 e. The predicted molar refractivity (Wildman–Crippen MR) is 89.4 cm³/mol. The molecule has 0 saturated heterocycles. The Morgan fingerprint density at radius 1 is 1.14 bits per heavy atom. The molecule has 2 nitrogen and oxygen atoms in total. The van der Waals surface area contributed by atoms with Crippen molar-refractivity contribution in [2.45, 2.75) is 58.0 Å². The molecule has 1 aromatic rings. The Morgan fingerprint density at radius 2 is 1.81 bits per heavy atom. The Labute approximate surface area is 129 Å². The summed E-state index contributed by atoms with van der Waals surface area (Å²) < 4.78 is 0. The van der Waals surface area contributed by atoms with Crippen LogP contribution >= 0.6 is 0 Å². The molecule has 116 valence electrons. The summed E-state index contributed by atoms with van der Waals surface area (Å²) in [6.07, 6.45) is 8.45. The van der Waals surface area contributed by atoms with Crippen LogP contribution in [0.3, 0.4) is 0 Å². The second-order valence-electron chi connectivity index (χ2n) is 7.52. The van der Waals surface area contributed by atoms with Crippen molar-refractivity contribution >= 4 is 0 Å². The van der Waals surface area contributed by atoms with E-state index >= 15 is 0 Å². The zero-order valence-corrected chi connectivity index (χ0v) is 13.7. The molecular weight excluding hydrogens is 256 g/mol. The van der Waals surface area contributed by atoms with Crippen LogP contribution in [0.4, 0.5) is 0 Å². The van der Waals surface area contributed by atoms with Crippen LogP contribution in [0, 0.1) is 12.3 Å². The van der Waals surface area contributed by atoms with Gasteiger partial charge in [0.05, 0.1) is 0 Å². The first-order valence-corrected chi connectivity index (χ1v) is 8.63. The molecule has 2 aliphatic rings. The van der Waals surface area contributed by atoms with Crippen molar-refractivity contribution < 1.29 is 0 Å². The van der Waals surface area contributed by atoms with E-state index in [1.165, 1.54) is 62.7 Å². The van der Waals surface area contributed by atoms with E-state index in [1.807, 2.05) is 0 Å². The fourth-order valence-electron chi connectivity index (χ4n) is 3.80. The van der Waals surface area contributed by atoms with Gasteiger partial charge in [-0.2, -0.15) is 0 Å². The van der Waals surface area contributed by atoms with Gasteiger partial charge >= 0.3 is 0 Å². The van der Waals surface area contributed by atoms with Crippen molar-refractivity contribution in [3.05, 3.63) is 35.4 Å². The SMILES string of the molecule is Cc1ccc(CN(C)CC2(CNC3CC3)CCCC2)cc1. The maximum Gasteiger partial charge on any atom is 0.0230 e. The van der Waals surface area contributed by atoms with Gasteiger partial charge in [-0.25, -0.2) is 0 Å². The predicted octanol–water partition coefficient (Wildman–Crippen LogP) is 3.74. The zero-order valence-electron chi connectivity index (χ0n) is 13.7. The summed E-state index contributed by atoms with van der Waals surface area (Å²) in [6.45, 7) is 5.70. The lowest BCUT2D eigenvalue weighted by Crippen LogP contribution is -2.41. The van der Waals surface area contributed by atoms with Crippen LogP contribution in [0.1, 0.15) is 49.7 Å². The number of nitrogens with zero attached hydrogens (tertiary/aromatic N) is 1. The Balaban J connectivity index is 1.55. The van der Waals surface area contributed by atoms with Crippen molar-refractivity contribution in [1.29, 1.82) is 0 Å². The fourth-order valence-corrected chi connectivity index (χ4v) is 3.80. The van der Waals surface area contributed by atoms with E-state index in [0.29, 0.717) is 5.41 Å². The van der Waals surface area contributed by atoms with Crippen molar-refractivity contribution in [3.63, 3.8) is 0 Å². The van der Waals surface area contributed by atoms with E-state index in [1.54, 1.807) is 0 Å². The lowest BCUT2D eigenvalue weighted by Gasteiger charge is -2.34. The molecule has 2 saturated carbocycles. The van der Waals surface area contributed by atoms with Crippen molar-refractivity contribution in [3.8, 4) is 0 Å². The maximum atomic E-state index is 3.79. The molecule has 1 N–H and O–H groups in total. The van der Waals surface area contributed by atoms with Gasteiger partial charge in [-0.1, -0.05) is 42.7 Å². The summed E-state index contributed by atoms with van der Waals surface area (Å²) in [4.78, 5) is 2.53. The monoisotopic (exact) mass is 286 g/mol. The molecule has 2 fully saturated rings. The highest BCUT2D eigenvalue weighted by Gasteiger charge is 2.36. The minimum atomic E-state index is 0.530. The molecule has 21 heavy (non-hydrogen) atoms. The largest absolute Gasteiger partial charge is 0.313 e. The molecular formula is C19H30N2. The molecule has 2 heteroatoms. The Hall–Kier alpha value is -0.860. The van der Waals surface area contributed by atoms with Gasteiger partial charge in [0.1, 0.15) is 0 Å². The lowest BCUT2D eigenvalue weighted by atomic mass is 9.85. The molecule has 0 atom stereocenters. The summed E-state index contributed by atoms with van der Waals surface area (Å²) in [5, 5.41) is 3.79. The molecule has 0 aromatic heterocycles. The molecule has 2 aliphatic carbocycles. The van der Waals surface area contributed by atoms with Crippen LogP contribution in [-0.4, -0.2) is 31.1 Å². The minimum absolute atomic E-state index is 0.530. The quantitative estimate of drug-likeness (QED) is 0.821. The highest BCUT2D eigenvalue weighted by Crippen LogP contribution is 2.39. The van der Waals surface area contributed by atoms with Crippen LogP contribution < -0.4 is 5.32 Å². The van der Waals surface area contributed by atoms with E-state index in [2.05, 4.69) is 48.5 Å². The number of benzene rings is 1. The Bertz CT molecular complexity index is 441. The maximum absolute atomic E-state index is 3.79. The van der Waals surface area contributed by atoms with E-state index in [-0.39, 0.29) is 0 Å². The van der Waals surface area contributed by atoms with E-state index in [9.17, 15) is 0 Å². The van der Waals surface area contributed by atoms with Gasteiger partial charge in [0.15, 0.2) is 0 Å². The third-order valence-electron chi connectivity index (χ3n) is 5.19. The lowest BCUT2D eigenvalue weighted by molar-refractivity contribution is 0.167. The van der Waals surface area contributed by atoms with E-state index in [4.69, 9.17) is 0 Å². The van der Waals surface area contributed by atoms with Gasteiger partial charge in [0.2, 0.25) is 0 Å². The van der Waals surface area contributed by atoms with Gasteiger partial charge in [-0.3, -0.25) is 0 Å². The summed E-state index contributed by atoms with van der Waals surface area (Å²) >= 11 is 0. The molecule has 0 spiro atoms. The molecule has 0 aliphatic heterocycles. The molecule has 3 rings (SSSR count). The fraction of sp³-hybridized carbons (Fsp3) is 0.684. The average molecular weight is 286 g/mol. The average Bonchev–Trinajstić information content (AvgIpc) is 3.19. The van der Waals surface area contributed by atoms with Crippen LogP contribution in [0.25, 0.3) is 0 Å². The molecule has 0 amide bonds. The third kappa shape index (κ3) is 4.31. The topological polar surface area (TPSA) is 15.3 Å². The number of hydrogen-bond acceptors (Lipinski definition) is 2. The normalized spacial score (nSPS) is 21.1. The first kappa shape index (κ1) is 15.1. The van der Waals surface area contributed by atoms with Crippen LogP contribution in [0.2, 0.25) is 0 Å². The minimum Gasteiger partial charge on any atom is -0.313 e. The first-order valence-electron chi connectivity index (χ1n) is 8.63. The molecule has 0 bridgehead atoms. The summed E-state index contributed by atoms with van der Waals surface area (Å²) in [5.74, 6) is 0. The molecule has 1 aromatic carbocycles. The van der Waals surface area contributed by atoms with Gasteiger partial charge in [-0.05, 0) is 50.6 Å². The van der Waals surface area contributed by atoms with E-state index in [0.717, 1.165) is 12.6 Å². The molecule has 0 radical (unpaired) electrons. The van der Waals surface area contributed by atoms with Gasteiger partial charge in [0, 0.05) is 25.7 Å². The highest BCUT2D eigenvalue weighted by atomic mass is 15.1. The number of rotatable bonds is 7. The van der Waals surface area contributed by atoms with Crippen molar-refractivity contribution in [2.24, 2.45) is 5.41 Å². The van der Waals surface area contributed by atoms with Crippen LogP contribution in [0.5, 0.6) is 0 Å². The Morgan fingerprint density at radius 3 is 2.43 bits per heavy atom. The van der Waals surface area contributed by atoms with Crippen molar-refractivity contribution in [1.82, 2.24) is 10.2 Å². The van der Waals surface area contributed by atoms with E-state index < -0.39 is 0 Å². The van der Waals surface area contributed by atoms with Crippen molar-refractivity contribution in [2.75, 3.05) is 20.1 Å². The number of hydrogen-bond donors (Lipinski definition) is 1. The summed E-state index contributed by atoms with van der Waals surface area (Å²) in [7, 11) is 2.29. The van der Waals surface area contributed by atoms with Gasteiger partial charge in [0.25, 0.3) is 0 Å². The Kier molecular flexibility index (Phi) is 4.66. The van der Waals surface area contributed by atoms with Crippen LogP contribution in [0.15, 0.2) is 24.3 Å². The highest BCUT2D eigenvalue weighted by molar-refractivity contribution is 5.21. The van der Waals surface area contributed by atoms with Crippen LogP contribution in [-0.2, 0) is 6.54 Å². The molecule has 0 heterocycles. The molecule has 0 unspecified atom stereocenters. The zero-order chi connectivity index (χ0) is 14.7. The van der Waals surface area contributed by atoms with Gasteiger partial charge < -0.3 is 10.2 Å².